The average Bonchev–Trinajstić information content (AvgIpc) is 2.21. The van der Waals surface area contributed by atoms with E-state index in [0.29, 0.717) is 5.11 Å². The number of anilines is 1. The maximum absolute atomic E-state index is 5.26. The molecular formula is C13H20N2S. The molecule has 0 atom stereocenters. The highest BCUT2D eigenvalue weighted by Crippen LogP contribution is 2.10. The lowest BCUT2D eigenvalue weighted by molar-refractivity contribution is 0.448. The Bertz CT molecular complexity index is 355. The van der Waals surface area contributed by atoms with E-state index in [0.717, 1.165) is 12.1 Å². The van der Waals surface area contributed by atoms with Gasteiger partial charge in [0.2, 0.25) is 0 Å². The summed E-state index contributed by atoms with van der Waals surface area (Å²) in [5, 5.41) is 7.15. The second kappa shape index (κ2) is 5.30. The van der Waals surface area contributed by atoms with Crippen LogP contribution in [0.3, 0.4) is 0 Å². The Kier molecular flexibility index (Phi) is 4.30. The van der Waals surface area contributed by atoms with Crippen LogP contribution in [0.2, 0.25) is 0 Å². The van der Waals surface area contributed by atoms with Crippen LogP contribution in [0.4, 0.5) is 5.69 Å². The molecule has 0 heterocycles. The van der Waals surface area contributed by atoms with Crippen molar-refractivity contribution in [3.05, 3.63) is 29.8 Å². The smallest absolute Gasteiger partial charge is 0.171 e. The summed E-state index contributed by atoms with van der Waals surface area (Å²) in [4.78, 5) is 0. The van der Waals surface area contributed by atoms with Crippen molar-refractivity contribution >= 4 is 23.0 Å². The predicted octanol–water partition coefficient (Wildman–Crippen LogP) is 3.47. The molecule has 0 aliphatic rings. The predicted molar refractivity (Wildman–Crippen MR) is 74.9 cm³/mol. The fourth-order valence-corrected chi connectivity index (χ4v) is 1.59. The van der Waals surface area contributed by atoms with E-state index >= 15 is 0 Å². The number of thiocarbonyl (C=S) groups is 1. The minimum absolute atomic E-state index is 0.0365. The van der Waals surface area contributed by atoms with Crippen LogP contribution >= 0.6 is 12.2 Å². The van der Waals surface area contributed by atoms with Crippen LogP contribution < -0.4 is 10.6 Å². The molecular weight excluding hydrogens is 216 g/mol. The van der Waals surface area contributed by atoms with E-state index in [1.54, 1.807) is 0 Å². The molecule has 0 radical (unpaired) electrons. The Morgan fingerprint density at radius 2 is 1.81 bits per heavy atom. The average molecular weight is 236 g/mol. The van der Waals surface area contributed by atoms with E-state index in [2.05, 4.69) is 50.5 Å². The van der Waals surface area contributed by atoms with Gasteiger partial charge >= 0.3 is 0 Å². The SMILES string of the molecule is CCC(C)(C)NC(=S)Nc1ccc(C)cc1. The Morgan fingerprint density at radius 1 is 1.25 bits per heavy atom. The second-order valence-corrected chi connectivity index (χ2v) is 5.09. The second-order valence-electron chi connectivity index (χ2n) is 4.68. The Hall–Kier alpha value is -1.09. The first kappa shape index (κ1) is 13.0. The van der Waals surface area contributed by atoms with Crippen LogP contribution in [-0.4, -0.2) is 10.7 Å². The van der Waals surface area contributed by atoms with Gasteiger partial charge < -0.3 is 10.6 Å². The van der Waals surface area contributed by atoms with Gasteiger partial charge in [-0.25, -0.2) is 0 Å². The van der Waals surface area contributed by atoms with Crippen molar-refractivity contribution in [3.8, 4) is 0 Å². The molecule has 0 amide bonds. The van der Waals surface area contributed by atoms with Gasteiger partial charge in [-0.2, -0.15) is 0 Å². The van der Waals surface area contributed by atoms with Crippen molar-refractivity contribution < 1.29 is 0 Å². The molecule has 0 aliphatic carbocycles. The molecule has 2 N–H and O–H groups in total. The molecule has 0 unspecified atom stereocenters. The molecule has 16 heavy (non-hydrogen) atoms. The van der Waals surface area contributed by atoms with Crippen LogP contribution in [0, 0.1) is 6.92 Å². The summed E-state index contributed by atoms with van der Waals surface area (Å²) in [6.45, 7) is 8.48. The number of benzene rings is 1. The quantitative estimate of drug-likeness (QED) is 0.786. The van der Waals surface area contributed by atoms with Crippen LogP contribution in [-0.2, 0) is 0 Å². The van der Waals surface area contributed by atoms with Gasteiger partial charge in [-0.1, -0.05) is 24.6 Å². The fraction of sp³-hybridized carbons (Fsp3) is 0.462. The summed E-state index contributed by atoms with van der Waals surface area (Å²) in [7, 11) is 0. The van der Waals surface area contributed by atoms with Crippen LogP contribution in [0.25, 0.3) is 0 Å². The summed E-state index contributed by atoms with van der Waals surface area (Å²) in [5.74, 6) is 0. The van der Waals surface area contributed by atoms with E-state index in [-0.39, 0.29) is 5.54 Å². The first-order valence-corrected chi connectivity index (χ1v) is 5.99. The molecule has 0 saturated heterocycles. The third-order valence-electron chi connectivity index (χ3n) is 2.65. The number of rotatable bonds is 3. The van der Waals surface area contributed by atoms with Gasteiger partial charge in [-0.3, -0.25) is 0 Å². The molecule has 1 aromatic carbocycles. The molecule has 1 aromatic rings. The van der Waals surface area contributed by atoms with E-state index in [4.69, 9.17) is 12.2 Å². The van der Waals surface area contributed by atoms with Crippen molar-refractivity contribution in [1.29, 1.82) is 0 Å². The van der Waals surface area contributed by atoms with Gasteiger partial charge in [0.1, 0.15) is 0 Å². The normalized spacial score (nSPS) is 11.0. The van der Waals surface area contributed by atoms with Crippen LogP contribution in [0.1, 0.15) is 32.8 Å². The number of aryl methyl sites for hydroxylation is 1. The van der Waals surface area contributed by atoms with Gasteiger partial charge in [0.05, 0.1) is 0 Å². The number of hydrogen-bond donors (Lipinski definition) is 2. The molecule has 0 spiro atoms. The number of nitrogens with one attached hydrogen (secondary N) is 2. The lowest BCUT2D eigenvalue weighted by atomic mass is 10.0. The molecule has 0 aliphatic heterocycles. The summed E-state index contributed by atoms with van der Waals surface area (Å²) < 4.78 is 0. The molecule has 88 valence electrons. The number of hydrogen-bond acceptors (Lipinski definition) is 1. The zero-order valence-electron chi connectivity index (χ0n) is 10.4. The summed E-state index contributed by atoms with van der Waals surface area (Å²) in [5.41, 5.74) is 2.31. The van der Waals surface area contributed by atoms with E-state index < -0.39 is 0 Å². The monoisotopic (exact) mass is 236 g/mol. The Morgan fingerprint density at radius 3 is 2.31 bits per heavy atom. The highest BCUT2D eigenvalue weighted by Gasteiger charge is 2.15. The molecule has 0 aromatic heterocycles. The van der Waals surface area contributed by atoms with E-state index in [9.17, 15) is 0 Å². The van der Waals surface area contributed by atoms with Gasteiger partial charge in [-0.15, -0.1) is 0 Å². The molecule has 1 rings (SSSR count). The minimum Gasteiger partial charge on any atom is -0.358 e. The molecule has 0 bridgehead atoms. The van der Waals surface area contributed by atoms with E-state index in [1.807, 2.05) is 12.1 Å². The van der Waals surface area contributed by atoms with Crippen LogP contribution in [0.15, 0.2) is 24.3 Å². The van der Waals surface area contributed by atoms with Crippen molar-refractivity contribution in [2.45, 2.75) is 39.7 Å². The zero-order chi connectivity index (χ0) is 12.2. The van der Waals surface area contributed by atoms with Crippen molar-refractivity contribution in [1.82, 2.24) is 5.32 Å². The molecule has 3 heteroatoms. The summed E-state index contributed by atoms with van der Waals surface area (Å²) in [6.07, 6.45) is 1.03. The molecule has 0 saturated carbocycles. The Balaban J connectivity index is 2.55. The fourth-order valence-electron chi connectivity index (χ4n) is 1.19. The van der Waals surface area contributed by atoms with Crippen molar-refractivity contribution in [2.75, 3.05) is 5.32 Å². The minimum atomic E-state index is 0.0365. The summed E-state index contributed by atoms with van der Waals surface area (Å²) in [6, 6.07) is 8.19. The van der Waals surface area contributed by atoms with Crippen molar-refractivity contribution in [3.63, 3.8) is 0 Å². The third-order valence-corrected chi connectivity index (χ3v) is 2.85. The lowest BCUT2D eigenvalue weighted by Gasteiger charge is -2.26. The molecule has 2 nitrogen and oxygen atoms in total. The first-order valence-electron chi connectivity index (χ1n) is 5.59. The maximum atomic E-state index is 5.26. The highest BCUT2D eigenvalue weighted by atomic mass is 32.1. The standard InChI is InChI=1S/C13H20N2S/c1-5-13(3,4)15-12(16)14-11-8-6-10(2)7-9-11/h6-9H,5H2,1-4H3,(H2,14,15,16). The topological polar surface area (TPSA) is 24.1 Å². The van der Waals surface area contributed by atoms with Gasteiger partial charge in [0, 0.05) is 11.2 Å². The third kappa shape index (κ3) is 4.19. The maximum Gasteiger partial charge on any atom is 0.171 e. The van der Waals surface area contributed by atoms with E-state index in [1.165, 1.54) is 5.56 Å². The molecule has 0 fully saturated rings. The van der Waals surface area contributed by atoms with Gasteiger partial charge in [0.15, 0.2) is 5.11 Å². The lowest BCUT2D eigenvalue weighted by Crippen LogP contribution is -2.44. The first-order chi connectivity index (χ1) is 7.43. The Labute approximate surface area is 103 Å². The summed E-state index contributed by atoms with van der Waals surface area (Å²) >= 11 is 5.26. The van der Waals surface area contributed by atoms with Gasteiger partial charge in [0.25, 0.3) is 0 Å². The zero-order valence-corrected chi connectivity index (χ0v) is 11.2. The highest BCUT2D eigenvalue weighted by molar-refractivity contribution is 7.80. The van der Waals surface area contributed by atoms with Gasteiger partial charge in [-0.05, 0) is 51.5 Å². The van der Waals surface area contributed by atoms with Crippen molar-refractivity contribution in [2.24, 2.45) is 0 Å². The largest absolute Gasteiger partial charge is 0.358 e. The van der Waals surface area contributed by atoms with Crippen LogP contribution in [0.5, 0.6) is 0 Å².